The Balaban J connectivity index is 1.96. The second-order valence-electron chi connectivity index (χ2n) is 4.96. The zero-order valence-electron chi connectivity index (χ0n) is 12.4. The van der Waals surface area contributed by atoms with Gasteiger partial charge in [-0.15, -0.1) is 0 Å². The molecule has 1 aromatic carbocycles. The van der Waals surface area contributed by atoms with E-state index >= 15 is 0 Å². The van der Waals surface area contributed by atoms with Gasteiger partial charge in [0.25, 0.3) is 0 Å². The van der Waals surface area contributed by atoms with E-state index in [1.54, 1.807) is 7.11 Å². The number of methoxy groups -OCH3 is 1. The summed E-state index contributed by atoms with van der Waals surface area (Å²) in [6, 6.07) is 7.52. The van der Waals surface area contributed by atoms with Gasteiger partial charge >= 0.3 is 0 Å². The zero-order valence-corrected chi connectivity index (χ0v) is 12.4. The summed E-state index contributed by atoms with van der Waals surface area (Å²) >= 11 is 0. The molecular formula is C15H19N3O3. The number of ether oxygens (including phenoxy) is 1. The third-order valence-corrected chi connectivity index (χ3v) is 2.83. The summed E-state index contributed by atoms with van der Waals surface area (Å²) in [6.07, 6.45) is 0.768. The fourth-order valence-corrected chi connectivity index (χ4v) is 1.83. The number of rotatable bonds is 6. The van der Waals surface area contributed by atoms with Gasteiger partial charge in [0.1, 0.15) is 5.75 Å². The van der Waals surface area contributed by atoms with E-state index in [0.29, 0.717) is 24.6 Å². The molecule has 0 radical (unpaired) electrons. The molecule has 0 saturated heterocycles. The van der Waals surface area contributed by atoms with Crippen molar-refractivity contribution < 1.29 is 14.1 Å². The Morgan fingerprint density at radius 2 is 2.05 bits per heavy atom. The van der Waals surface area contributed by atoms with Gasteiger partial charge in [-0.1, -0.05) is 5.16 Å². The number of aryl methyl sites for hydroxylation is 1. The highest BCUT2D eigenvalue weighted by Crippen LogP contribution is 2.19. The first-order chi connectivity index (χ1) is 10.1. The Morgan fingerprint density at radius 3 is 2.67 bits per heavy atom. The van der Waals surface area contributed by atoms with Crippen LogP contribution in [-0.4, -0.2) is 29.2 Å². The fourth-order valence-electron chi connectivity index (χ4n) is 1.83. The topological polar surface area (TPSA) is 77.2 Å². The standard InChI is InChI=1S/C15H19N3O3/c1-10(2)16-13(19)8-9-14-17-15(18-21-14)11-4-6-12(20-3)7-5-11/h4-7,10H,8-9H2,1-3H3,(H,16,19). The van der Waals surface area contributed by atoms with Crippen LogP contribution in [0.25, 0.3) is 11.4 Å². The molecule has 0 unspecified atom stereocenters. The van der Waals surface area contributed by atoms with Crippen molar-refractivity contribution in [2.45, 2.75) is 32.7 Å². The summed E-state index contributed by atoms with van der Waals surface area (Å²) in [6.45, 7) is 3.85. The molecule has 2 rings (SSSR count). The van der Waals surface area contributed by atoms with Crippen molar-refractivity contribution >= 4 is 5.91 Å². The van der Waals surface area contributed by atoms with Gasteiger partial charge in [0.15, 0.2) is 0 Å². The van der Waals surface area contributed by atoms with E-state index in [2.05, 4.69) is 15.5 Å². The molecule has 1 N–H and O–H groups in total. The predicted octanol–water partition coefficient (Wildman–Crippen LogP) is 2.20. The molecule has 0 aliphatic rings. The highest BCUT2D eigenvalue weighted by Gasteiger charge is 2.11. The molecule has 1 amide bonds. The third kappa shape index (κ3) is 4.30. The molecule has 2 aromatic rings. The maximum atomic E-state index is 11.6. The number of hydrogen-bond acceptors (Lipinski definition) is 5. The van der Waals surface area contributed by atoms with Crippen molar-refractivity contribution in [3.05, 3.63) is 30.2 Å². The van der Waals surface area contributed by atoms with Crippen molar-refractivity contribution in [2.24, 2.45) is 0 Å². The molecule has 6 nitrogen and oxygen atoms in total. The number of amides is 1. The van der Waals surface area contributed by atoms with Crippen LogP contribution < -0.4 is 10.1 Å². The number of nitrogens with zero attached hydrogens (tertiary/aromatic N) is 2. The van der Waals surface area contributed by atoms with Crippen LogP contribution >= 0.6 is 0 Å². The molecule has 1 heterocycles. The van der Waals surface area contributed by atoms with E-state index in [-0.39, 0.29) is 11.9 Å². The predicted molar refractivity (Wildman–Crippen MR) is 77.9 cm³/mol. The SMILES string of the molecule is COc1ccc(-c2noc(CCC(=O)NC(C)C)n2)cc1. The monoisotopic (exact) mass is 289 g/mol. The van der Waals surface area contributed by atoms with Crippen LogP contribution in [0, 0.1) is 0 Å². The molecule has 0 aliphatic heterocycles. The van der Waals surface area contributed by atoms with Gasteiger partial charge < -0.3 is 14.6 Å². The van der Waals surface area contributed by atoms with Crippen LogP contribution in [0.3, 0.4) is 0 Å². The van der Waals surface area contributed by atoms with Crippen LogP contribution in [0.5, 0.6) is 5.75 Å². The fraction of sp³-hybridized carbons (Fsp3) is 0.400. The van der Waals surface area contributed by atoms with Gasteiger partial charge in [0.05, 0.1) is 7.11 Å². The Morgan fingerprint density at radius 1 is 1.33 bits per heavy atom. The van der Waals surface area contributed by atoms with Crippen molar-refractivity contribution in [3.63, 3.8) is 0 Å². The van der Waals surface area contributed by atoms with E-state index in [0.717, 1.165) is 11.3 Å². The lowest BCUT2D eigenvalue weighted by Gasteiger charge is -2.06. The smallest absolute Gasteiger partial charge is 0.227 e. The van der Waals surface area contributed by atoms with Crippen molar-refractivity contribution in [1.82, 2.24) is 15.5 Å². The van der Waals surface area contributed by atoms with Gasteiger partial charge in [-0.2, -0.15) is 4.98 Å². The minimum Gasteiger partial charge on any atom is -0.497 e. The first-order valence-electron chi connectivity index (χ1n) is 6.85. The van der Waals surface area contributed by atoms with Gasteiger partial charge in [0, 0.05) is 24.4 Å². The summed E-state index contributed by atoms with van der Waals surface area (Å²) in [7, 11) is 1.61. The maximum absolute atomic E-state index is 11.6. The highest BCUT2D eigenvalue weighted by atomic mass is 16.5. The van der Waals surface area contributed by atoms with Crippen molar-refractivity contribution in [2.75, 3.05) is 7.11 Å². The van der Waals surface area contributed by atoms with Crippen LogP contribution in [0.4, 0.5) is 0 Å². The van der Waals surface area contributed by atoms with Crippen molar-refractivity contribution in [1.29, 1.82) is 0 Å². The maximum Gasteiger partial charge on any atom is 0.227 e. The molecule has 0 spiro atoms. The Labute approximate surface area is 123 Å². The van der Waals surface area contributed by atoms with E-state index < -0.39 is 0 Å². The van der Waals surface area contributed by atoms with Crippen LogP contribution in [0.2, 0.25) is 0 Å². The average molecular weight is 289 g/mol. The summed E-state index contributed by atoms with van der Waals surface area (Å²) in [5, 5.41) is 6.74. The molecule has 0 saturated carbocycles. The van der Waals surface area contributed by atoms with Gasteiger partial charge in [-0.25, -0.2) is 0 Å². The van der Waals surface area contributed by atoms with Gasteiger partial charge in [-0.3, -0.25) is 4.79 Å². The Bertz CT molecular complexity index is 590. The first kappa shape index (κ1) is 15.0. The minimum atomic E-state index is -0.0193. The molecule has 1 aromatic heterocycles. The minimum absolute atomic E-state index is 0.0193. The molecule has 21 heavy (non-hydrogen) atoms. The van der Waals surface area contributed by atoms with E-state index in [1.165, 1.54) is 0 Å². The number of benzene rings is 1. The Hall–Kier alpha value is -2.37. The summed E-state index contributed by atoms with van der Waals surface area (Å²) in [5.41, 5.74) is 0.845. The zero-order chi connectivity index (χ0) is 15.2. The lowest BCUT2D eigenvalue weighted by molar-refractivity contribution is -0.121. The average Bonchev–Trinajstić information content (AvgIpc) is 2.93. The second kappa shape index (κ2) is 6.88. The van der Waals surface area contributed by atoms with Crippen molar-refractivity contribution in [3.8, 4) is 17.1 Å². The molecular weight excluding hydrogens is 270 g/mol. The number of nitrogens with one attached hydrogen (secondary N) is 1. The van der Waals surface area contributed by atoms with Crippen LogP contribution in [0.15, 0.2) is 28.8 Å². The molecule has 6 heteroatoms. The normalized spacial score (nSPS) is 10.7. The summed E-state index contributed by atoms with van der Waals surface area (Å²) in [5.74, 6) is 1.72. The number of hydrogen-bond donors (Lipinski definition) is 1. The number of carbonyl (C=O) groups excluding carboxylic acids is 1. The van der Waals surface area contributed by atoms with Gasteiger partial charge in [0.2, 0.25) is 17.6 Å². The van der Waals surface area contributed by atoms with Crippen LogP contribution in [0.1, 0.15) is 26.2 Å². The lowest BCUT2D eigenvalue weighted by Crippen LogP contribution is -2.30. The largest absolute Gasteiger partial charge is 0.497 e. The molecule has 0 bridgehead atoms. The highest BCUT2D eigenvalue weighted by molar-refractivity contribution is 5.76. The third-order valence-electron chi connectivity index (χ3n) is 2.83. The van der Waals surface area contributed by atoms with Gasteiger partial charge in [-0.05, 0) is 38.1 Å². The lowest BCUT2D eigenvalue weighted by atomic mass is 10.2. The van der Waals surface area contributed by atoms with Crippen LogP contribution in [-0.2, 0) is 11.2 Å². The molecule has 0 atom stereocenters. The van der Waals surface area contributed by atoms with E-state index in [1.807, 2.05) is 38.1 Å². The number of carbonyl (C=O) groups is 1. The Kier molecular flexibility index (Phi) is 4.92. The molecule has 0 aliphatic carbocycles. The second-order valence-corrected chi connectivity index (χ2v) is 4.96. The summed E-state index contributed by atoms with van der Waals surface area (Å²) in [4.78, 5) is 15.8. The quantitative estimate of drug-likeness (QED) is 0.882. The first-order valence-corrected chi connectivity index (χ1v) is 6.85. The summed E-state index contributed by atoms with van der Waals surface area (Å²) < 4.78 is 10.3. The number of aromatic nitrogens is 2. The molecule has 112 valence electrons. The van der Waals surface area contributed by atoms with E-state index in [9.17, 15) is 4.79 Å². The van der Waals surface area contributed by atoms with E-state index in [4.69, 9.17) is 9.26 Å². The molecule has 0 fully saturated rings.